The highest BCUT2D eigenvalue weighted by Gasteiger charge is 2.24. The first kappa shape index (κ1) is 14.4. The summed E-state index contributed by atoms with van der Waals surface area (Å²) in [5.74, 6) is -1.10. The molecule has 19 heavy (non-hydrogen) atoms. The van der Waals surface area contributed by atoms with E-state index >= 15 is 0 Å². The molecule has 0 saturated carbocycles. The van der Waals surface area contributed by atoms with Crippen molar-refractivity contribution in [3.8, 4) is 0 Å². The quantitative estimate of drug-likeness (QED) is 0.887. The van der Waals surface area contributed by atoms with Gasteiger partial charge < -0.3 is 14.8 Å². The summed E-state index contributed by atoms with van der Waals surface area (Å²) >= 11 is 0. The highest BCUT2D eigenvalue weighted by atomic mass is 19.1. The maximum atomic E-state index is 13.2. The van der Waals surface area contributed by atoms with Gasteiger partial charge in [-0.25, -0.2) is 8.78 Å². The predicted molar refractivity (Wildman–Crippen MR) is 68.1 cm³/mol. The van der Waals surface area contributed by atoms with Gasteiger partial charge in [-0.2, -0.15) is 0 Å². The van der Waals surface area contributed by atoms with Crippen LogP contribution in [-0.2, 0) is 15.9 Å². The summed E-state index contributed by atoms with van der Waals surface area (Å²) in [6, 6.07) is 3.59. The largest absolute Gasteiger partial charge is 0.376 e. The van der Waals surface area contributed by atoms with E-state index in [1.165, 1.54) is 12.1 Å². The van der Waals surface area contributed by atoms with Crippen molar-refractivity contribution in [2.45, 2.75) is 25.5 Å². The van der Waals surface area contributed by atoms with Gasteiger partial charge in [0.15, 0.2) is 0 Å². The monoisotopic (exact) mass is 271 g/mol. The minimum absolute atomic E-state index is 0.00787. The second-order valence-electron chi connectivity index (χ2n) is 4.63. The third-order valence-electron chi connectivity index (χ3n) is 3.13. The van der Waals surface area contributed by atoms with E-state index in [0.717, 1.165) is 12.6 Å². The Bertz CT molecular complexity index is 388. The highest BCUT2D eigenvalue weighted by Crippen LogP contribution is 2.14. The number of hydrogen-bond donors (Lipinski definition) is 1. The van der Waals surface area contributed by atoms with Crippen LogP contribution in [0.25, 0.3) is 0 Å². The molecule has 1 aliphatic rings. The van der Waals surface area contributed by atoms with Gasteiger partial charge in [0.2, 0.25) is 0 Å². The lowest BCUT2D eigenvalue weighted by molar-refractivity contribution is -0.101. The number of likely N-dealkylation sites (N-methyl/N-ethyl adjacent to an activating group) is 1. The van der Waals surface area contributed by atoms with E-state index in [1.807, 2.05) is 6.92 Å². The van der Waals surface area contributed by atoms with Gasteiger partial charge in [-0.05, 0) is 30.7 Å². The van der Waals surface area contributed by atoms with Gasteiger partial charge in [0, 0.05) is 12.1 Å². The summed E-state index contributed by atoms with van der Waals surface area (Å²) in [6.45, 7) is 4.43. The van der Waals surface area contributed by atoms with Crippen LogP contribution in [0.3, 0.4) is 0 Å². The van der Waals surface area contributed by atoms with E-state index < -0.39 is 11.6 Å². The van der Waals surface area contributed by atoms with E-state index in [2.05, 4.69) is 5.32 Å². The van der Waals surface area contributed by atoms with E-state index in [9.17, 15) is 8.78 Å². The van der Waals surface area contributed by atoms with Crippen molar-refractivity contribution >= 4 is 0 Å². The molecular weight excluding hydrogens is 252 g/mol. The number of halogens is 2. The topological polar surface area (TPSA) is 30.5 Å². The minimum Gasteiger partial charge on any atom is -0.376 e. The molecule has 2 atom stereocenters. The maximum absolute atomic E-state index is 13.2. The Kier molecular flexibility index (Phi) is 5.24. The van der Waals surface area contributed by atoms with Gasteiger partial charge in [-0.3, -0.25) is 0 Å². The molecule has 1 fully saturated rings. The van der Waals surface area contributed by atoms with Crippen LogP contribution in [0, 0.1) is 11.6 Å². The van der Waals surface area contributed by atoms with E-state index in [4.69, 9.17) is 9.47 Å². The molecular formula is C14H19F2NO2. The Morgan fingerprint density at radius 1 is 1.26 bits per heavy atom. The first-order chi connectivity index (χ1) is 9.19. The van der Waals surface area contributed by atoms with Crippen molar-refractivity contribution in [2.24, 2.45) is 0 Å². The van der Waals surface area contributed by atoms with Crippen LogP contribution in [0.1, 0.15) is 12.5 Å². The summed E-state index contributed by atoms with van der Waals surface area (Å²) in [4.78, 5) is 0. The molecule has 1 aromatic rings. The predicted octanol–water partition coefficient (Wildman–Crippen LogP) is 1.90. The molecule has 0 amide bonds. The normalized spacial score (nSPS) is 21.3. The van der Waals surface area contributed by atoms with Crippen molar-refractivity contribution in [3.63, 3.8) is 0 Å². The van der Waals surface area contributed by atoms with Gasteiger partial charge >= 0.3 is 0 Å². The average Bonchev–Trinajstić information content (AvgIpc) is 2.38. The number of nitrogens with one attached hydrogen (secondary N) is 1. The molecule has 0 spiro atoms. The summed E-state index contributed by atoms with van der Waals surface area (Å²) in [6.07, 6.45) is 0.427. The van der Waals surface area contributed by atoms with Crippen LogP contribution in [0.15, 0.2) is 18.2 Å². The van der Waals surface area contributed by atoms with Crippen LogP contribution in [0.4, 0.5) is 8.78 Å². The van der Waals surface area contributed by atoms with Gasteiger partial charge in [-0.1, -0.05) is 6.92 Å². The summed E-state index contributed by atoms with van der Waals surface area (Å²) in [5, 5.41) is 3.29. The molecule has 2 unspecified atom stereocenters. The molecule has 1 aliphatic heterocycles. The van der Waals surface area contributed by atoms with Gasteiger partial charge in [-0.15, -0.1) is 0 Å². The molecule has 0 aliphatic carbocycles. The molecule has 0 aromatic heterocycles. The lowest BCUT2D eigenvalue weighted by atomic mass is 10.0. The second kappa shape index (κ2) is 6.93. The molecule has 1 aromatic carbocycles. The Labute approximate surface area is 111 Å². The van der Waals surface area contributed by atoms with E-state index in [0.29, 0.717) is 31.8 Å². The number of rotatable bonds is 5. The summed E-state index contributed by atoms with van der Waals surface area (Å²) in [5.41, 5.74) is 0.623. The molecule has 2 rings (SSSR count). The summed E-state index contributed by atoms with van der Waals surface area (Å²) in [7, 11) is 0. The molecule has 106 valence electrons. The minimum atomic E-state index is -0.550. The lowest BCUT2D eigenvalue weighted by Gasteiger charge is -2.31. The van der Waals surface area contributed by atoms with E-state index in [1.54, 1.807) is 0 Å². The average molecular weight is 271 g/mol. The number of benzene rings is 1. The fraction of sp³-hybridized carbons (Fsp3) is 0.571. The number of ether oxygens (including phenoxy) is 2. The molecule has 1 N–H and O–H groups in total. The smallest absolute Gasteiger partial charge is 0.126 e. The third-order valence-corrected chi connectivity index (χ3v) is 3.13. The molecule has 1 heterocycles. The van der Waals surface area contributed by atoms with E-state index in [-0.39, 0.29) is 12.1 Å². The molecule has 1 saturated heterocycles. The third kappa shape index (κ3) is 4.23. The summed E-state index contributed by atoms with van der Waals surface area (Å²) < 4.78 is 37.4. The Morgan fingerprint density at radius 3 is 2.58 bits per heavy atom. The van der Waals surface area contributed by atoms with Crippen molar-refractivity contribution in [1.82, 2.24) is 5.32 Å². The second-order valence-corrected chi connectivity index (χ2v) is 4.63. The first-order valence-corrected chi connectivity index (χ1v) is 6.56. The van der Waals surface area contributed by atoms with Crippen LogP contribution in [0.2, 0.25) is 0 Å². The van der Waals surface area contributed by atoms with Crippen molar-refractivity contribution in [1.29, 1.82) is 0 Å². The molecule has 5 heteroatoms. The Balaban J connectivity index is 2.06. The van der Waals surface area contributed by atoms with Crippen LogP contribution in [0.5, 0.6) is 0 Å². The molecule has 3 nitrogen and oxygen atoms in total. The zero-order valence-electron chi connectivity index (χ0n) is 11.0. The van der Waals surface area contributed by atoms with Crippen LogP contribution in [-0.4, -0.2) is 38.5 Å². The maximum Gasteiger partial charge on any atom is 0.126 e. The van der Waals surface area contributed by atoms with Crippen LogP contribution >= 0.6 is 0 Å². The highest BCUT2D eigenvalue weighted by molar-refractivity contribution is 5.19. The van der Waals surface area contributed by atoms with Gasteiger partial charge in [0.25, 0.3) is 0 Å². The zero-order valence-corrected chi connectivity index (χ0v) is 11.0. The molecule has 0 radical (unpaired) electrons. The first-order valence-electron chi connectivity index (χ1n) is 6.56. The standard InChI is InChI=1S/C14H19F2NO2/c1-2-17-13(14-9-18-3-4-19-14)7-10-5-11(15)8-12(16)6-10/h5-6,8,13-14,17H,2-4,7,9H2,1H3. The Morgan fingerprint density at radius 2 is 2.00 bits per heavy atom. The fourth-order valence-electron chi connectivity index (χ4n) is 2.32. The van der Waals surface area contributed by atoms with Gasteiger partial charge in [0.05, 0.1) is 25.9 Å². The fourth-order valence-corrected chi connectivity index (χ4v) is 2.32. The lowest BCUT2D eigenvalue weighted by Crippen LogP contribution is -2.47. The van der Waals surface area contributed by atoms with Crippen molar-refractivity contribution < 1.29 is 18.3 Å². The molecule has 0 bridgehead atoms. The van der Waals surface area contributed by atoms with Crippen LogP contribution < -0.4 is 5.32 Å². The Hall–Kier alpha value is -1.04. The van der Waals surface area contributed by atoms with Crippen molar-refractivity contribution in [2.75, 3.05) is 26.4 Å². The van der Waals surface area contributed by atoms with Crippen molar-refractivity contribution in [3.05, 3.63) is 35.4 Å². The van der Waals surface area contributed by atoms with Gasteiger partial charge in [0.1, 0.15) is 11.6 Å². The SMILES string of the molecule is CCNC(Cc1cc(F)cc(F)c1)C1COCCO1. The number of hydrogen-bond acceptors (Lipinski definition) is 3. The zero-order chi connectivity index (χ0) is 13.7.